The summed E-state index contributed by atoms with van der Waals surface area (Å²) in [6, 6.07) is 22.8. The first-order chi connectivity index (χ1) is 19.5. The van der Waals surface area contributed by atoms with Gasteiger partial charge in [-0.15, -0.1) is 6.58 Å². The van der Waals surface area contributed by atoms with E-state index in [0.29, 0.717) is 37.6 Å². The smallest absolute Gasteiger partial charge is 0.266 e. The van der Waals surface area contributed by atoms with Gasteiger partial charge in [0.15, 0.2) is 11.6 Å². The first-order valence-corrected chi connectivity index (χ1v) is 13.9. The van der Waals surface area contributed by atoms with Gasteiger partial charge in [-0.2, -0.15) is 0 Å². The summed E-state index contributed by atoms with van der Waals surface area (Å²) in [6.45, 7) is 4.90. The Morgan fingerprint density at radius 3 is 2.60 bits per heavy atom. The third-order valence-electron chi connectivity index (χ3n) is 6.57. The van der Waals surface area contributed by atoms with Crippen LogP contribution in [0.25, 0.3) is 0 Å². The molecule has 40 heavy (non-hydrogen) atoms. The molecule has 0 radical (unpaired) electrons. The van der Waals surface area contributed by atoms with E-state index >= 15 is 0 Å². The van der Waals surface area contributed by atoms with Gasteiger partial charge < -0.3 is 19.3 Å². The summed E-state index contributed by atoms with van der Waals surface area (Å²) >= 11 is 3.48. The second-order valence-corrected chi connectivity index (χ2v) is 10.2. The fourth-order valence-corrected chi connectivity index (χ4v) is 4.79. The monoisotopic (exact) mass is 607 g/mol. The van der Waals surface area contributed by atoms with Gasteiger partial charge in [0.2, 0.25) is 5.90 Å². The number of ether oxygens (including phenoxy) is 3. The molecule has 1 amide bonds. The Bertz CT molecular complexity index is 1310. The second-order valence-electron chi connectivity index (χ2n) is 9.28. The molecule has 210 valence electrons. The molecule has 1 aliphatic heterocycles. The quantitative estimate of drug-likeness (QED) is 0.137. The molecule has 1 aliphatic rings. The van der Waals surface area contributed by atoms with E-state index in [1.807, 2.05) is 72.8 Å². The second kappa shape index (κ2) is 14.1. The van der Waals surface area contributed by atoms with E-state index in [0.717, 1.165) is 26.9 Å². The number of amides is 1. The van der Waals surface area contributed by atoms with Gasteiger partial charge in [-0.25, -0.2) is 10.4 Å². The lowest BCUT2D eigenvalue weighted by Crippen LogP contribution is -2.52. The molecule has 0 unspecified atom stereocenters. The summed E-state index contributed by atoms with van der Waals surface area (Å²) in [4.78, 5) is 18.7. The van der Waals surface area contributed by atoms with Crippen molar-refractivity contribution in [3.63, 3.8) is 0 Å². The van der Waals surface area contributed by atoms with Crippen LogP contribution in [0.5, 0.6) is 11.5 Å². The fourth-order valence-electron chi connectivity index (χ4n) is 4.53. The SMILES string of the molecule is C=CC[C@]1(C(=O)NNCCc2ccccc2OC)N=C(c2ccc(OCCCO)cc2)O[C@H]1c1ccc(Br)cc1. The lowest BCUT2D eigenvalue weighted by molar-refractivity contribution is -0.129. The molecular weight excluding hydrogens is 574 g/mol. The van der Waals surface area contributed by atoms with Gasteiger partial charge >= 0.3 is 0 Å². The summed E-state index contributed by atoms with van der Waals surface area (Å²) in [6.07, 6.45) is 2.49. The van der Waals surface area contributed by atoms with Crippen molar-refractivity contribution < 1.29 is 24.1 Å². The van der Waals surface area contributed by atoms with E-state index in [1.165, 1.54) is 0 Å². The first-order valence-electron chi connectivity index (χ1n) is 13.1. The molecule has 0 aliphatic carbocycles. The number of halogens is 1. The topological polar surface area (TPSA) is 101 Å². The van der Waals surface area contributed by atoms with E-state index in [9.17, 15) is 4.79 Å². The highest BCUT2D eigenvalue weighted by Crippen LogP contribution is 2.43. The lowest BCUT2D eigenvalue weighted by atomic mass is 9.84. The van der Waals surface area contributed by atoms with Crippen LogP contribution in [0.15, 0.2) is 94.9 Å². The third kappa shape index (κ3) is 6.91. The van der Waals surface area contributed by atoms with Crippen molar-refractivity contribution in [2.75, 3.05) is 26.9 Å². The van der Waals surface area contributed by atoms with Crippen LogP contribution in [0, 0.1) is 0 Å². The number of rotatable bonds is 14. The van der Waals surface area contributed by atoms with Crippen molar-refractivity contribution in [3.8, 4) is 11.5 Å². The molecule has 9 heteroatoms. The van der Waals surface area contributed by atoms with Crippen LogP contribution < -0.4 is 20.3 Å². The molecule has 3 aromatic carbocycles. The lowest BCUT2D eigenvalue weighted by Gasteiger charge is -2.29. The molecule has 0 saturated heterocycles. The number of aliphatic hydroxyl groups is 1. The van der Waals surface area contributed by atoms with E-state index in [-0.39, 0.29) is 18.9 Å². The number of para-hydroxylation sites is 1. The predicted octanol–water partition coefficient (Wildman–Crippen LogP) is 4.92. The Labute approximate surface area is 243 Å². The molecule has 8 nitrogen and oxygen atoms in total. The van der Waals surface area contributed by atoms with Crippen LogP contribution in [-0.4, -0.2) is 49.3 Å². The predicted molar refractivity (Wildman–Crippen MR) is 159 cm³/mol. The zero-order chi connectivity index (χ0) is 28.4. The average Bonchev–Trinajstić information content (AvgIpc) is 3.37. The molecule has 0 fully saturated rings. The van der Waals surface area contributed by atoms with Crippen LogP contribution >= 0.6 is 15.9 Å². The van der Waals surface area contributed by atoms with Gasteiger partial charge in [0.25, 0.3) is 5.91 Å². The highest BCUT2D eigenvalue weighted by atomic mass is 79.9. The summed E-state index contributed by atoms with van der Waals surface area (Å²) in [5, 5.41) is 8.98. The van der Waals surface area contributed by atoms with Crippen LogP contribution in [0.4, 0.5) is 0 Å². The molecule has 0 spiro atoms. The summed E-state index contributed by atoms with van der Waals surface area (Å²) in [7, 11) is 1.64. The number of aliphatic imine (C=N–C) groups is 1. The maximum Gasteiger partial charge on any atom is 0.266 e. The van der Waals surface area contributed by atoms with E-state index in [1.54, 1.807) is 13.2 Å². The normalized spacial score (nSPS) is 18.0. The number of carbonyl (C=O) groups excluding carboxylic acids is 1. The van der Waals surface area contributed by atoms with Crippen molar-refractivity contribution in [2.24, 2.45) is 4.99 Å². The van der Waals surface area contributed by atoms with Gasteiger partial charge in [0.1, 0.15) is 11.5 Å². The standard InChI is InChI=1S/C31H34BrN3O5/c1-3-18-31(30(37)35-33-19-17-22-7-4-5-8-27(22)38-2)28(23-9-13-25(32)14-10-23)40-29(34-31)24-11-15-26(16-12-24)39-21-6-20-36/h3-5,7-16,28,33,36H,1,6,17-21H2,2H3,(H,35,37)/t28-,31-/m0/s1. The van der Waals surface area contributed by atoms with Gasteiger partial charge in [0.05, 0.1) is 13.7 Å². The highest BCUT2D eigenvalue weighted by Gasteiger charge is 2.52. The Kier molecular flexibility index (Phi) is 10.3. The zero-order valence-corrected chi connectivity index (χ0v) is 24.0. The molecule has 0 aromatic heterocycles. The largest absolute Gasteiger partial charge is 0.496 e. The summed E-state index contributed by atoms with van der Waals surface area (Å²) in [5.41, 5.74) is 7.22. The number of nitrogens with one attached hydrogen (secondary N) is 2. The number of hydrogen-bond acceptors (Lipinski definition) is 7. The van der Waals surface area contributed by atoms with E-state index in [4.69, 9.17) is 24.3 Å². The number of hydrazine groups is 1. The van der Waals surface area contributed by atoms with Crippen LogP contribution in [0.3, 0.4) is 0 Å². The molecule has 3 aromatic rings. The Balaban J connectivity index is 1.56. The van der Waals surface area contributed by atoms with Crippen LogP contribution in [0.2, 0.25) is 0 Å². The van der Waals surface area contributed by atoms with Crippen molar-refractivity contribution in [1.29, 1.82) is 0 Å². The zero-order valence-electron chi connectivity index (χ0n) is 22.4. The van der Waals surface area contributed by atoms with Gasteiger partial charge in [-0.05, 0) is 60.0 Å². The number of hydrogen-bond donors (Lipinski definition) is 3. The number of nitrogens with zero attached hydrogens (tertiary/aromatic N) is 1. The Morgan fingerprint density at radius 2 is 1.90 bits per heavy atom. The fraction of sp³-hybridized carbons (Fsp3) is 0.290. The van der Waals surface area contributed by atoms with Gasteiger partial charge in [-0.1, -0.05) is 52.3 Å². The van der Waals surface area contributed by atoms with Crippen molar-refractivity contribution >= 4 is 27.7 Å². The van der Waals surface area contributed by atoms with Gasteiger partial charge in [0, 0.05) is 36.0 Å². The van der Waals surface area contributed by atoms with Crippen LogP contribution in [0.1, 0.15) is 35.6 Å². The third-order valence-corrected chi connectivity index (χ3v) is 7.10. The molecule has 0 saturated carbocycles. The molecule has 1 heterocycles. The van der Waals surface area contributed by atoms with E-state index in [2.05, 4.69) is 33.4 Å². The van der Waals surface area contributed by atoms with Crippen LogP contribution in [-0.2, 0) is 16.0 Å². The maximum atomic E-state index is 13.8. The number of aliphatic hydroxyl groups excluding tert-OH is 1. The van der Waals surface area contributed by atoms with E-state index < -0.39 is 11.6 Å². The first kappa shape index (κ1) is 29.3. The summed E-state index contributed by atoms with van der Waals surface area (Å²) in [5.74, 6) is 1.52. The number of benzene rings is 3. The minimum Gasteiger partial charge on any atom is -0.496 e. The molecule has 2 atom stereocenters. The molecule has 3 N–H and O–H groups in total. The van der Waals surface area contributed by atoms with Crippen molar-refractivity contribution in [2.45, 2.75) is 30.9 Å². The molecule has 0 bridgehead atoms. The minimum absolute atomic E-state index is 0.0724. The number of methoxy groups -OCH3 is 1. The maximum absolute atomic E-state index is 13.8. The molecular formula is C31H34BrN3O5. The Morgan fingerprint density at radius 1 is 1.15 bits per heavy atom. The highest BCUT2D eigenvalue weighted by molar-refractivity contribution is 9.10. The number of carbonyl (C=O) groups is 1. The summed E-state index contributed by atoms with van der Waals surface area (Å²) < 4.78 is 18.4. The minimum atomic E-state index is -1.28. The van der Waals surface area contributed by atoms with Crippen molar-refractivity contribution in [1.82, 2.24) is 10.9 Å². The average molecular weight is 609 g/mol. The van der Waals surface area contributed by atoms with Crippen molar-refractivity contribution in [3.05, 3.63) is 107 Å². The molecule has 4 rings (SSSR count). The Hall–Kier alpha value is -3.66. The van der Waals surface area contributed by atoms with Gasteiger partial charge in [-0.3, -0.25) is 10.2 Å².